The molecule has 0 saturated carbocycles. The molecule has 1 heterocycles. The van der Waals surface area contributed by atoms with Crippen LogP contribution < -0.4 is 5.46 Å². The fourth-order valence-corrected chi connectivity index (χ4v) is 5.18. The third-order valence-electron chi connectivity index (χ3n) is 8.21. The Balaban J connectivity index is 1.31. The highest BCUT2D eigenvalue weighted by atomic mass is 16.7. The molecule has 3 nitrogen and oxygen atoms in total. The lowest BCUT2D eigenvalue weighted by molar-refractivity contribution is 0.00578. The van der Waals surface area contributed by atoms with E-state index >= 15 is 0 Å². The van der Waals surface area contributed by atoms with Crippen LogP contribution >= 0.6 is 0 Å². The molecule has 1 aliphatic rings. The highest BCUT2D eigenvalue weighted by molar-refractivity contribution is 6.62. The molecule has 6 rings (SSSR count). The number of fused-ring (bicyclic) bond motifs is 1. The fraction of sp³-hybridized carbons (Fsp3) is 0.171. The second-order valence-electron chi connectivity index (χ2n) is 11.2. The van der Waals surface area contributed by atoms with Crippen molar-refractivity contribution < 1.29 is 9.31 Å². The molecule has 0 amide bonds. The molecule has 1 aliphatic heterocycles. The Morgan fingerprint density at radius 1 is 0.538 bits per heavy atom. The highest BCUT2D eigenvalue weighted by Gasteiger charge is 2.51. The summed E-state index contributed by atoms with van der Waals surface area (Å²) in [5.41, 5.74) is 7.95. The fourth-order valence-electron chi connectivity index (χ4n) is 5.18. The van der Waals surface area contributed by atoms with E-state index in [1.54, 1.807) is 0 Å². The quantitative estimate of drug-likeness (QED) is 0.232. The zero-order chi connectivity index (χ0) is 27.2. The predicted octanol–water partition coefficient (Wildman–Crippen LogP) is 8.01. The largest absolute Gasteiger partial charge is 0.494 e. The van der Waals surface area contributed by atoms with Crippen LogP contribution in [0, 0.1) is 11.3 Å². The van der Waals surface area contributed by atoms with Crippen LogP contribution in [-0.4, -0.2) is 18.3 Å². The molecule has 1 fully saturated rings. The molecule has 0 atom stereocenters. The molecule has 39 heavy (non-hydrogen) atoms. The molecule has 0 unspecified atom stereocenters. The van der Waals surface area contributed by atoms with Crippen molar-refractivity contribution in [2.24, 2.45) is 0 Å². The first kappa shape index (κ1) is 25.1. The van der Waals surface area contributed by atoms with Gasteiger partial charge in [0, 0.05) is 0 Å². The molecule has 0 aromatic heterocycles. The van der Waals surface area contributed by atoms with E-state index in [1.165, 1.54) is 27.5 Å². The van der Waals surface area contributed by atoms with Gasteiger partial charge in [0.1, 0.15) is 0 Å². The van der Waals surface area contributed by atoms with Crippen LogP contribution in [-0.2, 0) is 9.31 Å². The summed E-state index contributed by atoms with van der Waals surface area (Å²) in [6.45, 7) is 8.32. The van der Waals surface area contributed by atoms with Crippen LogP contribution in [0.5, 0.6) is 0 Å². The smallest absolute Gasteiger partial charge is 0.399 e. The average Bonchev–Trinajstić information content (AvgIpc) is 3.19. The first-order chi connectivity index (χ1) is 18.8. The van der Waals surface area contributed by atoms with Crippen LogP contribution in [0.15, 0.2) is 109 Å². The lowest BCUT2D eigenvalue weighted by Gasteiger charge is -2.32. The topological polar surface area (TPSA) is 42.2 Å². The van der Waals surface area contributed by atoms with Crippen molar-refractivity contribution in [1.29, 1.82) is 5.26 Å². The number of hydrogen-bond donors (Lipinski definition) is 0. The molecule has 0 radical (unpaired) electrons. The lowest BCUT2D eigenvalue weighted by atomic mass is 9.78. The lowest BCUT2D eigenvalue weighted by Crippen LogP contribution is -2.41. The maximum absolute atomic E-state index is 9.07. The Labute approximate surface area is 230 Å². The van der Waals surface area contributed by atoms with Crippen molar-refractivity contribution >= 4 is 23.4 Å². The molecule has 0 aliphatic carbocycles. The van der Waals surface area contributed by atoms with Gasteiger partial charge in [0.15, 0.2) is 0 Å². The summed E-state index contributed by atoms with van der Waals surface area (Å²) in [4.78, 5) is 0. The van der Waals surface area contributed by atoms with E-state index in [1.807, 2.05) is 24.3 Å². The maximum Gasteiger partial charge on any atom is 0.494 e. The Bertz CT molecular complexity index is 1680. The summed E-state index contributed by atoms with van der Waals surface area (Å²) in [7, 11) is -0.365. The minimum atomic E-state index is -0.365. The first-order valence-electron chi connectivity index (χ1n) is 13.3. The number of rotatable bonds is 4. The van der Waals surface area contributed by atoms with E-state index in [4.69, 9.17) is 14.6 Å². The molecule has 5 aromatic carbocycles. The van der Waals surface area contributed by atoms with E-state index in [9.17, 15) is 0 Å². The van der Waals surface area contributed by atoms with Gasteiger partial charge in [-0.15, -0.1) is 0 Å². The van der Waals surface area contributed by atoms with Gasteiger partial charge in [-0.2, -0.15) is 5.26 Å². The van der Waals surface area contributed by atoms with E-state index in [0.717, 1.165) is 22.2 Å². The third kappa shape index (κ3) is 4.55. The van der Waals surface area contributed by atoms with Gasteiger partial charge in [-0.25, -0.2) is 0 Å². The van der Waals surface area contributed by atoms with Crippen molar-refractivity contribution in [3.8, 4) is 39.4 Å². The van der Waals surface area contributed by atoms with Gasteiger partial charge in [-0.05, 0) is 89.4 Å². The van der Waals surface area contributed by atoms with Crippen LogP contribution in [0.2, 0.25) is 0 Å². The molecule has 0 N–H and O–H groups in total. The summed E-state index contributed by atoms with van der Waals surface area (Å²) >= 11 is 0. The molecular formula is C35H30BNO2. The van der Waals surface area contributed by atoms with Crippen LogP contribution in [0.25, 0.3) is 44.2 Å². The van der Waals surface area contributed by atoms with Gasteiger partial charge in [0.25, 0.3) is 0 Å². The summed E-state index contributed by atoms with van der Waals surface area (Å²) in [5.74, 6) is 0. The van der Waals surface area contributed by atoms with Crippen LogP contribution in [0.1, 0.15) is 33.3 Å². The second kappa shape index (κ2) is 9.54. The Hall–Kier alpha value is -4.17. The molecule has 0 spiro atoms. The van der Waals surface area contributed by atoms with E-state index in [0.29, 0.717) is 5.56 Å². The van der Waals surface area contributed by atoms with Crippen molar-refractivity contribution in [2.75, 3.05) is 0 Å². The molecule has 4 heteroatoms. The van der Waals surface area contributed by atoms with Gasteiger partial charge in [0.05, 0.1) is 22.8 Å². The number of nitriles is 1. The second-order valence-corrected chi connectivity index (χ2v) is 11.2. The van der Waals surface area contributed by atoms with Gasteiger partial charge >= 0.3 is 7.12 Å². The normalized spacial score (nSPS) is 15.8. The summed E-state index contributed by atoms with van der Waals surface area (Å²) in [5, 5.41) is 11.5. The predicted molar refractivity (Wildman–Crippen MR) is 161 cm³/mol. The third-order valence-corrected chi connectivity index (χ3v) is 8.21. The zero-order valence-corrected chi connectivity index (χ0v) is 22.7. The van der Waals surface area contributed by atoms with Gasteiger partial charge in [-0.3, -0.25) is 0 Å². The Kier molecular flexibility index (Phi) is 6.15. The maximum atomic E-state index is 9.07. The van der Waals surface area contributed by atoms with Gasteiger partial charge in [-0.1, -0.05) is 97.1 Å². The molecule has 190 valence electrons. The van der Waals surface area contributed by atoms with Crippen molar-refractivity contribution in [2.45, 2.75) is 38.9 Å². The Morgan fingerprint density at radius 3 is 1.41 bits per heavy atom. The molecular weight excluding hydrogens is 477 g/mol. The van der Waals surface area contributed by atoms with Gasteiger partial charge in [0.2, 0.25) is 0 Å². The van der Waals surface area contributed by atoms with E-state index < -0.39 is 0 Å². The van der Waals surface area contributed by atoms with Crippen molar-refractivity contribution in [3.63, 3.8) is 0 Å². The Morgan fingerprint density at radius 2 is 0.949 bits per heavy atom. The monoisotopic (exact) mass is 507 g/mol. The van der Waals surface area contributed by atoms with Gasteiger partial charge < -0.3 is 9.31 Å². The average molecular weight is 507 g/mol. The number of benzene rings is 5. The molecule has 0 bridgehead atoms. The highest BCUT2D eigenvalue weighted by Crippen LogP contribution is 2.38. The van der Waals surface area contributed by atoms with E-state index in [-0.39, 0.29) is 18.3 Å². The van der Waals surface area contributed by atoms with Crippen LogP contribution in [0.4, 0.5) is 0 Å². The molecule has 5 aromatic rings. The van der Waals surface area contributed by atoms with Crippen molar-refractivity contribution in [3.05, 3.63) is 115 Å². The minimum Gasteiger partial charge on any atom is -0.399 e. The first-order valence-corrected chi connectivity index (χ1v) is 13.3. The minimum absolute atomic E-state index is 0.359. The number of hydrogen-bond acceptors (Lipinski definition) is 3. The summed E-state index contributed by atoms with van der Waals surface area (Å²) < 4.78 is 12.5. The molecule has 1 saturated heterocycles. The van der Waals surface area contributed by atoms with Crippen LogP contribution in [0.3, 0.4) is 0 Å². The van der Waals surface area contributed by atoms with Crippen molar-refractivity contribution in [1.82, 2.24) is 0 Å². The zero-order valence-electron chi connectivity index (χ0n) is 22.7. The summed E-state index contributed by atoms with van der Waals surface area (Å²) in [6.07, 6.45) is 0. The number of nitrogens with zero attached hydrogens (tertiary/aromatic N) is 1. The standard InChI is InChI=1S/C35H30BNO2/c1-34(2)35(3,4)39-36(38-34)29-19-17-28(18-20-29)31-22-21-30(32-7-5-6-8-33(31)32)27-15-13-26(14-16-27)25-11-9-24(23-37)10-12-25/h5-22H,1-4H3. The van der Waals surface area contributed by atoms with E-state index in [2.05, 4.69) is 119 Å². The summed E-state index contributed by atoms with van der Waals surface area (Å²) in [6, 6.07) is 40.1. The SMILES string of the molecule is CC1(C)OB(c2ccc(-c3ccc(-c4ccc(-c5ccc(C#N)cc5)cc4)c4ccccc34)cc2)OC1(C)C.